The average Bonchev–Trinajstić information content (AvgIpc) is 1.52. The Labute approximate surface area is 522 Å². The van der Waals surface area contributed by atoms with Gasteiger partial charge in [-0.25, -0.2) is 29.9 Å². The molecule has 0 radical (unpaired) electrons. The third kappa shape index (κ3) is 15.5. The van der Waals surface area contributed by atoms with Crippen LogP contribution in [0, 0.1) is 43.3 Å². The average molecular weight is 1200 g/mol. The summed E-state index contributed by atoms with van der Waals surface area (Å²) in [4.78, 5) is 40.5. The van der Waals surface area contributed by atoms with E-state index >= 15 is 0 Å². The second kappa shape index (κ2) is 23.5. The van der Waals surface area contributed by atoms with Crippen LogP contribution in [0.1, 0.15) is 166 Å². The van der Waals surface area contributed by atoms with Crippen molar-refractivity contribution in [1.29, 1.82) is 0 Å². The van der Waals surface area contributed by atoms with Gasteiger partial charge in [-0.05, 0) is 43.3 Å². The van der Waals surface area contributed by atoms with Gasteiger partial charge in [0.15, 0.2) is 46.3 Å². The molecule has 88 heavy (non-hydrogen) atoms. The first kappa shape index (κ1) is 65.1. The van der Waals surface area contributed by atoms with Crippen molar-refractivity contribution in [3.05, 3.63) is 48.5 Å². The number of hydrogen-bond donors (Lipinski definition) is 2. The van der Waals surface area contributed by atoms with Crippen molar-refractivity contribution < 1.29 is 37.9 Å². The highest BCUT2D eigenvalue weighted by atomic mass is 16.6. The predicted molar refractivity (Wildman–Crippen MR) is 356 cm³/mol. The van der Waals surface area contributed by atoms with E-state index in [4.69, 9.17) is 67.8 Å². The fourth-order valence-corrected chi connectivity index (χ4v) is 9.37. The quantitative estimate of drug-likeness (QED) is 0.0932. The Kier molecular flexibility index (Phi) is 17.4. The Morgan fingerprint density at radius 1 is 0.261 bits per heavy atom. The van der Waals surface area contributed by atoms with Gasteiger partial charge in [0.25, 0.3) is 0 Å². The molecule has 0 amide bonds. The van der Waals surface area contributed by atoms with E-state index in [2.05, 4.69) is 176 Å². The third-order valence-electron chi connectivity index (χ3n) is 13.4. The Hall–Kier alpha value is -7.36. The molecule has 0 atom stereocenters. The molecular weight excluding hydrogens is 1100 g/mol. The molecule has 0 saturated heterocycles. The number of aromatic amines is 2. The predicted octanol–water partition coefficient (Wildman–Crippen LogP) is 18.3. The largest absolute Gasteiger partial charge is 0.488 e. The van der Waals surface area contributed by atoms with Crippen LogP contribution in [0.2, 0.25) is 0 Å². The monoisotopic (exact) mass is 1200 g/mol. The highest BCUT2D eigenvalue weighted by Gasteiger charge is 2.40. The molecule has 0 spiro atoms. The molecule has 7 aromatic rings. The lowest BCUT2D eigenvalue weighted by Crippen LogP contribution is -2.23. The van der Waals surface area contributed by atoms with E-state index in [0.29, 0.717) is 135 Å². The van der Waals surface area contributed by atoms with Crippen molar-refractivity contribution in [3.63, 3.8) is 0 Å². The summed E-state index contributed by atoms with van der Waals surface area (Å²) in [6.45, 7) is 53.7. The van der Waals surface area contributed by atoms with Gasteiger partial charge >= 0.3 is 0 Å². The van der Waals surface area contributed by atoms with E-state index in [0.717, 1.165) is 21.9 Å². The number of hydrogen-bond acceptors (Lipinski definition) is 14. The minimum absolute atomic E-state index is 0.243. The zero-order valence-electron chi connectivity index (χ0n) is 57.2. The fourth-order valence-electron chi connectivity index (χ4n) is 9.37. The second-order valence-electron chi connectivity index (χ2n) is 33.6. The van der Waals surface area contributed by atoms with Gasteiger partial charge in [-0.1, -0.05) is 215 Å². The molecule has 0 unspecified atom stereocenters. The Morgan fingerprint density at radius 3 is 0.807 bits per heavy atom. The third-order valence-corrected chi connectivity index (χ3v) is 13.4. The summed E-state index contributed by atoms with van der Waals surface area (Å²) in [6.07, 6.45) is 0. The lowest BCUT2D eigenvalue weighted by Gasteiger charge is -2.29. The lowest BCUT2D eigenvalue weighted by molar-refractivity contribution is 0.140. The molecule has 3 aromatic heterocycles. The summed E-state index contributed by atoms with van der Waals surface area (Å²) >= 11 is 0. The number of nitrogens with one attached hydrogen (secondary N) is 2. The van der Waals surface area contributed by atoms with Crippen LogP contribution in [-0.2, 0) is 0 Å². The molecule has 2 aliphatic rings. The zero-order valence-corrected chi connectivity index (χ0v) is 57.2. The van der Waals surface area contributed by atoms with Crippen LogP contribution in [-0.4, -0.2) is 92.7 Å². The number of nitrogens with zero attached hydrogens (tertiary/aromatic N) is 6. The second-order valence-corrected chi connectivity index (χ2v) is 33.6. The van der Waals surface area contributed by atoms with E-state index in [9.17, 15) is 0 Å². The van der Waals surface area contributed by atoms with E-state index < -0.39 is 0 Å². The van der Waals surface area contributed by atoms with E-state index in [-0.39, 0.29) is 74.8 Å². The maximum Gasteiger partial charge on any atom is 0.208 e. The van der Waals surface area contributed by atoms with Gasteiger partial charge in [-0.3, -0.25) is 0 Å². The minimum Gasteiger partial charge on any atom is -0.488 e. The molecular formula is C72H98N8O8. The number of H-pyrrole nitrogens is 2. The summed E-state index contributed by atoms with van der Waals surface area (Å²) in [7, 11) is 0. The molecule has 474 valence electrons. The van der Waals surface area contributed by atoms with Crippen LogP contribution in [0.3, 0.4) is 0 Å². The number of fused-ring (bicyclic) bond motifs is 20. The summed E-state index contributed by atoms with van der Waals surface area (Å²) in [6, 6.07) is 16.0. The summed E-state index contributed by atoms with van der Waals surface area (Å²) in [5.74, 6) is 4.50. The maximum atomic E-state index is 7.28. The first-order valence-electron chi connectivity index (χ1n) is 31.1. The molecule has 4 aromatic carbocycles. The molecule has 16 heteroatoms. The van der Waals surface area contributed by atoms with E-state index in [1.807, 2.05) is 48.5 Å². The summed E-state index contributed by atoms with van der Waals surface area (Å²) in [5.41, 5.74) is 1.91. The van der Waals surface area contributed by atoms with Gasteiger partial charge < -0.3 is 47.9 Å². The molecule has 0 fully saturated rings. The van der Waals surface area contributed by atoms with Crippen LogP contribution in [0.4, 0.5) is 0 Å². The van der Waals surface area contributed by atoms with Gasteiger partial charge in [0.05, 0.1) is 74.8 Å². The van der Waals surface area contributed by atoms with Gasteiger partial charge in [0.1, 0.15) is 22.6 Å². The Balaban J connectivity index is 1.61. The van der Waals surface area contributed by atoms with Gasteiger partial charge in [0.2, 0.25) is 23.0 Å². The van der Waals surface area contributed by atoms with Crippen molar-refractivity contribution in [3.8, 4) is 91.5 Å². The molecule has 8 bridgehead atoms. The SMILES string of the molecule is CC(C)(C)COc1c(OCC(C)(C)C)c(OCC(C)(C)C)c2c(c1OCC(C)(C)C)-c1nc-2nc2[nH]c(nc3nc(nc4[nH]c(n1)c1ccccc41)-c1ccccc1-3)c1c(OCC(C)(C)C)c(OCC(C)(C)C)c(OCC(C)(C)C)c(OCC(C)(C)C)c21. The van der Waals surface area contributed by atoms with Gasteiger partial charge in [-0.15, -0.1) is 0 Å². The fraction of sp³-hybridized carbons (Fsp3) is 0.556. The zero-order chi connectivity index (χ0) is 64.5. The van der Waals surface area contributed by atoms with Crippen molar-refractivity contribution in [2.24, 2.45) is 43.3 Å². The lowest BCUT2D eigenvalue weighted by atomic mass is 9.97. The van der Waals surface area contributed by atoms with E-state index in [1.165, 1.54) is 0 Å². The first-order valence-corrected chi connectivity index (χ1v) is 31.1. The molecule has 0 saturated carbocycles. The molecule has 9 rings (SSSR count). The normalized spacial score (nSPS) is 13.4. The van der Waals surface area contributed by atoms with Gasteiger partial charge in [-0.2, -0.15) is 0 Å². The highest BCUT2D eigenvalue weighted by molar-refractivity contribution is 6.15. The number of rotatable bonds is 16. The molecule has 2 aliphatic heterocycles. The van der Waals surface area contributed by atoms with Crippen LogP contribution >= 0.6 is 0 Å². The minimum atomic E-state index is -0.328. The molecule has 16 nitrogen and oxygen atoms in total. The number of aromatic nitrogens is 8. The number of benzene rings is 4. The van der Waals surface area contributed by atoms with Crippen molar-refractivity contribution in [2.75, 3.05) is 52.9 Å². The van der Waals surface area contributed by atoms with Crippen LogP contribution in [0.15, 0.2) is 48.5 Å². The molecule has 2 N–H and O–H groups in total. The Morgan fingerprint density at radius 2 is 0.489 bits per heavy atom. The highest BCUT2D eigenvalue weighted by Crippen LogP contribution is 2.60. The number of ether oxygens (including phenoxy) is 8. The van der Waals surface area contributed by atoms with Crippen LogP contribution in [0.25, 0.3) is 89.7 Å². The first-order chi connectivity index (χ1) is 40.6. The maximum absolute atomic E-state index is 7.28. The smallest absolute Gasteiger partial charge is 0.208 e. The summed E-state index contributed by atoms with van der Waals surface area (Å²) < 4.78 is 57.6. The van der Waals surface area contributed by atoms with Gasteiger partial charge in [0, 0.05) is 21.9 Å². The standard InChI is InChI=1S/C72H98N8O8/c1-65(2,3)33-81-49-45-47(51(83-35-67(7,8)9)55(87-39-71(19,20)21)53(49)85-37-69(13,14)15)63-78-61(45)76-59-43-31-27-25-29-41(43)57(74-59)73-58-42-30-26-28-32-44(42)60(75-58)77-62-46-48(64(79-62)80-63)52(84-36-68(10,11)12)56(88-40-72(22,23)24)54(86-38-70(16,17)18)50(46)82-34-66(4,5)6/h25-32H,33-40H2,1-24H3,(H2,73,74,75,76,77,78,79,80). The Bertz CT molecular complexity index is 3920. The van der Waals surface area contributed by atoms with Crippen molar-refractivity contribution >= 4 is 44.1 Å². The van der Waals surface area contributed by atoms with Crippen LogP contribution in [0.5, 0.6) is 46.0 Å². The summed E-state index contributed by atoms with van der Waals surface area (Å²) in [5, 5.41) is 2.71. The van der Waals surface area contributed by atoms with Crippen LogP contribution < -0.4 is 37.9 Å². The van der Waals surface area contributed by atoms with Crippen molar-refractivity contribution in [1.82, 2.24) is 39.9 Å². The molecule has 5 heterocycles. The van der Waals surface area contributed by atoms with Crippen molar-refractivity contribution in [2.45, 2.75) is 166 Å². The topological polar surface area (TPSA) is 183 Å². The molecule has 0 aliphatic carbocycles. The van der Waals surface area contributed by atoms with E-state index in [1.54, 1.807) is 0 Å².